The van der Waals surface area contributed by atoms with Crippen molar-refractivity contribution in [2.24, 2.45) is 11.7 Å². The number of nitrogens with two attached hydrogens (primary N) is 1. The van der Waals surface area contributed by atoms with Gasteiger partial charge in [0.15, 0.2) is 0 Å². The minimum Gasteiger partial charge on any atom is -0.511 e. The number of aliphatic hydroxyl groups is 1. The molecule has 42 heavy (non-hydrogen) atoms. The van der Waals surface area contributed by atoms with Crippen LogP contribution in [0.15, 0.2) is 65.6 Å². The lowest BCUT2D eigenvalue weighted by atomic mass is 9.98. The first-order valence-electron chi connectivity index (χ1n) is 13.3. The van der Waals surface area contributed by atoms with Crippen LogP contribution in [0.3, 0.4) is 0 Å². The Hall–Kier alpha value is -3.58. The number of carbonyl (C=O) groups excluding carboxylic acids is 1. The van der Waals surface area contributed by atoms with Gasteiger partial charge >= 0.3 is 5.69 Å². The number of aromatic nitrogens is 3. The molecule has 0 bridgehead atoms. The van der Waals surface area contributed by atoms with E-state index in [4.69, 9.17) is 10.5 Å². The number of ether oxygens (including phenoxy) is 1. The van der Waals surface area contributed by atoms with E-state index in [0.29, 0.717) is 38.3 Å². The van der Waals surface area contributed by atoms with E-state index in [-0.39, 0.29) is 57.2 Å². The number of hydrogen-bond acceptors (Lipinski definition) is 8. The van der Waals surface area contributed by atoms with E-state index in [9.17, 15) is 14.7 Å². The number of carbonyl (C=O) groups is 1. The molecule has 1 saturated carbocycles. The largest absolute Gasteiger partial charge is 0.511 e. The number of rotatable bonds is 7. The van der Waals surface area contributed by atoms with Crippen molar-refractivity contribution in [3.8, 4) is 17.2 Å². The Balaban J connectivity index is 0.00000202. The monoisotopic (exact) mass is 623 g/mol. The number of aryl methyl sites for hydroxylation is 1. The van der Waals surface area contributed by atoms with Gasteiger partial charge in [-0.05, 0) is 67.6 Å². The molecule has 220 valence electrons. The number of nitrogens with zero attached hydrogens (tertiary/aromatic N) is 3. The SMILES string of the molecule is Cc1cc(Oc2ccccc2)ccc1-n1c(=O)nc2c(=C(O)C[C@H]3CCC[C@@H]3NC(=O)CN)sc3nccc1c32.S.S. The van der Waals surface area contributed by atoms with Gasteiger partial charge < -0.3 is 20.9 Å². The van der Waals surface area contributed by atoms with Crippen LogP contribution in [0, 0.1) is 12.8 Å². The van der Waals surface area contributed by atoms with E-state index in [0.717, 1.165) is 36.0 Å². The summed E-state index contributed by atoms with van der Waals surface area (Å²) in [6.07, 6.45) is 4.74. The summed E-state index contributed by atoms with van der Waals surface area (Å²) >= 11 is 1.32. The van der Waals surface area contributed by atoms with Crippen molar-refractivity contribution in [2.45, 2.75) is 38.6 Å². The highest BCUT2D eigenvalue weighted by Gasteiger charge is 2.30. The fraction of sp³-hybridized carbons (Fsp3) is 0.267. The van der Waals surface area contributed by atoms with Gasteiger partial charge in [-0.3, -0.25) is 9.36 Å². The third kappa shape index (κ3) is 5.98. The molecule has 1 amide bonds. The van der Waals surface area contributed by atoms with Crippen LogP contribution in [-0.2, 0) is 4.79 Å². The molecule has 9 nitrogen and oxygen atoms in total. The maximum atomic E-state index is 13.5. The maximum Gasteiger partial charge on any atom is 0.353 e. The second kappa shape index (κ2) is 13.2. The smallest absolute Gasteiger partial charge is 0.353 e. The van der Waals surface area contributed by atoms with Gasteiger partial charge in [-0.15, -0.1) is 11.3 Å². The first-order valence-corrected chi connectivity index (χ1v) is 14.1. The van der Waals surface area contributed by atoms with Gasteiger partial charge in [-0.1, -0.05) is 24.6 Å². The van der Waals surface area contributed by atoms with Crippen LogP contribution in [0.1, 0.15) is 31.2 Å². The van der Waals surface area contributed by atoms with Crippen molar-refractivity contribution >= 4 is 71.2 Å². The highest BCUT2D eigenvalue weighted by molar-refractivity contribution is 7.59. The topological polar surface area (TPSA) is 132 Å². The van der Waals surface area contributed by atoms with Crippen LogP contribution < -0.4 is 26.0 Å². The summed E-state index contributed by atoms with van der Waals surface area (Å²) in [5, 5.41) is 15.0. The average Bonchev–Trinajstić information content (AvgIpc) is 3.55. The first-order chi connectivity index (χ1) is 19.4. The maximum absolute atomic E-state index is 13.5. The molecule has 0 spiro atoms. The summed E-state index contributed by atoms with van der Waals surface area (Å²) < 4.78 is 8.09. The number of amides is 1. The Morgan fingerprint density at radius 2 is 1.93 bits per heavy atom. The second-order valence-electron chi connectivity index (χ2n) is 10.1. The molecule has 1 aliphatic carbocycles. The zero-order valence-electron chi connectivity index (χ0n) is 23.0. The molecule has 6 rings (SSSR count). The Labute approximate surface area is 260 Å². The third-order valence-corrected chi connectivity index (χ3v) is 8.62. The quantitative estimate of drug-likeness (QED) is 0.246. The van der Waals surface area contributed by atoms with E-state index < -0.39 is 5.69 Å². The van der Waals surface area contributed by atoms with Crippen molar-refractivity contribution in [2.75, 3.05) is 6.54 Å². The zero-order valence-corrected chi connectivity index (χ0v) is 25.8. The normalized spacial score (nSPS) is 17.0. The molecule has 0 saturated heterocycles. The lowest BCUT2D eigenvalue weighted by Crippen LogP contribution is -2.40. The van der Waals surface area contributed by atoms with Crippen LogP contribution in [-0.4, -0.2) is 38.1 Å². The minimum absolute atomic E-state index is 0. The molecule has 12 heteroatoms. The summed E-state index contributed by atoms with van der Waals surface area (Å²) in [4.78, 5) is 35.0. The van der Waals surface area contributed by atoms with Gasteiger partial charge in [0.2, 0.25) is 5.91 Å². The molecule has 3 aromatic heterocycles. The summed E-state index contributed by atoms with van der Waals surface area (Å²) in [5.74, 6) is 1.44. The summed E-state index contributed by atoms with van der Waals surface area (Å²) in [6, 6.07) is 16.9. The third-order valence-electron chi connectivity index (χ3n) is 7.48. The number of benzene rings is 2. The van der Waals surface area contributed by atoms with E-state index in [1.165, 1.54) is 11.3 Å². The molecule has 4 N–H and O–H groups in total. The molecule has 1 fully saturated rings. The Morgan fingerprint density at radius 1 is 1.14 bits per heavy atom. The molecular weight excluding hydrogens is 591 g/mol. The number of aliphatic hydroxyl groups excluding tert-OH is 1. The van der Waals surface area contributed by atoms with Gasteiger partial charge in [0.05, 0.1) is 27.7 Å². The fourth-order valence-corrected chi connectivity index (χ4v) is 6.66. The Kier molecular flexibility index (Phi) is 9.82. The number of hydrogen-bond donors (Lipinski definition) is 3. The lowest BCUT2D eigenvalue weighted by molar-refractivity contribution is -0.120. The second-order valence-corrected chi connectivity index (χ2v) is 11.1. The predicted octanol–water partition coefficient (Wildman–Crippen LogP) is 4.34. The van der Waals surface area contributed by atoms with Crippen molar-refractivity contribution in [3.63, 3.8) is 0 Å². The van der Waals surface area contributed by atoms with Gasteiger partial charge in [0.1, 0.15) is 27.6 Å². The predicted molar refractivity (Wildman–Crippen MR) is 177 cm³/mol. The van der Waals surface area contributed by atoms with Crippen molar-refractivity contribution in [1.82, 2.24) is 19.9 Å². The molecule has 0 unspecified atom stereocenters. The van der Waals surface area contributed by atoms with E-state index in [1.807, 2.05) is 55.5 Å². The first kappa shape index (κ1) is 31.4. The standard InChI is InChI=1S/C30H29N5O4S.2H2S/c1-17-14-20(39-19-7-3-2-4-8-19)10-11-22(17)35-23-12-13-32-29-26(23)27(34-30(35)38)28(40-29)24(36)15-18-6-5-9-21(18)33-25(37)16-31;;/h2-4,7-8,10-14,18,21,36H,5-6,9,15-16,31H2,1H3,(H,33,37);2*1H2/t18-,21+;;/m1../s1. The van der Waals surface area contributed by atoms with E-state index >= 15 is 0 Å². The highest BCUT2D eigenvalue weighted by atomic mass is 32.1. The summed E-state index contributed by atoms with van der Waals surface area (Å²) in [6.45, 7) is 1.86. The zero-order chi connectivity index (χ0) is 27.8. The van der Waals surface area contributed by atoms with Gasteiger partial charge in [0, 0.05) is 18.7 Å². The Bertz CT molecular complexity index is 1840. The molecule has 0 aliphatic heterocycles. The van der Waals surface area contributed by atoms with Crippen LogP contribution in [0.2, 0.25) is 0 Å². The van der Waals surface area contributed by atoms with Crippen LogP contribution in [0.5, 0.6) is 11.5 Å². The molecule has 0 radical (unpaired) electrons. The number of pyridine rings is 1. The number of para-hydroxylation sites is 1. The molecule has 3 heterocycles. The van der Waals surface area contributed by atoms with Crippen LogP contribution in [0.25, 0.3) is 32.7 Å². The average molecular weight is 624 g/mol. The van der Waals surface area contributed by atoms with Gasteiger partial charge in [-0.25, -0.2) is 9.78 Å². The van der Waals surface area contributed by atoms with Gasteiger partial charge in [0.25, 0.3) is 0 Å². The van der Waals surface area contributed by atoms with E-state index in [2.05, 4.69) is 15.3 Å². The number of nitrogens with one attached hydrogen (secondary N) is 1. The van der Waals surface area contributed by atoms with Crippen molar-refractivity contribution < 1.29 is 14.6 Å². The lowest BCUT2D eigenvalue weighted by Gasteiger charge is -2.20. The highest BCUT2D eigenvalue weighted by Crippen LogP contribution is 2.33. The van der Waals surface area contributed by atoms with Crippen molar-refractivity contribution in [3.05, 3.63) is 81.4 Å². The summed E-state index contributed by atoms with van der Waals surface area (Å²) in [7, 11) is 0. The molecule has 1 aliphatic rings. The summed E-state index contributed by atoms with van der Waals surface area (Å²) in [5.41, 5.74) is 7.69. The molecular formula is C30H33N5O4S3. The Morgan fingerprint density at radius 3 is 2.67 bits per heavy atom. The fourth-order valence-electron chi connectivity index (χ4n) is 5.61. The van der Waals surface area contributed by atoms with E-state index in [1.54, 1.807) is 16.8 Å². The molecule has 2 atom stereocenters. The van der Waals surface area contributed by atoms with Crippen LogP contribution >= 0.6 is 38.3 Å². The minimum atomic E-state index is -0.443. The number of thiophene rings is 1. The van der Waals surface area contributed by atoms with Crippen LogP contribution in [0.4, 0.5) is 0 Å². The molecule has 5 aromatic rings. The van der Waals surface area contributed by atoms with Gasteiger partial charge in [-0.2, -0.15) is 32.0 Å². The molecule has 2 aromatic carbocycles. The van der Waals surface area contributed by atoms with Crippen molar-refractivity contribution in [1.29, 1.82) is 0 Å².